The second-order valence-corrected chi connectivity index (χ2v) is 6.03. The summed E-state index contributed by atoms with van der Waals surface area (Å²) in [5, 5.41) is 13.7. The molecule has 0 aliphatic carbocycles. The molecule has 9 nitrogen and oxygen atoms in total. The molecule has 136 valence electrons. The van der Waals surface area contributed by atoms with Gasteiger partial charge in [0.2, 0.25) is 11.8 Å². The highest BCUT2D eigenvalue weighted by Crippen LogP contribution is 2.35. The number of carbonyl (C=O) groups is 2. The topological polar surface area (TPSA) is 122 Å². The number of aryl methyl sites for hydroxylation is 1. The number of primary amides is 1. The predicted molar refractivity (Wildman–Crippen MR) is 94.6 cm³/mol. The average Bonchev–Trinajstić information content (AvgIpc) is 2.53. The molecular weight excluding hydrogens is 326 g/mol. The number of hydrogen-bond acceptors (Lipinski definition) is 6. The number of nitro groups is 1. The zero-order chi connectivity index (χ0) is 18.6. The van der Waals surface area contributed by atoms with Crippen molar-refractivity contribution in [1.29, 1.82) is 0 Å². The van der Waals surface area contributed by atoms with Gasteiger partial charge < -0.3 is 20.9 Å². The normalized spacial score (nSPS) is 15.0. The maximum absolute atomic E-state index is 11.9. The number of nitrogens with one attached hydrogen (secondary N) is 1. The molecule has 1 aromatic rings. The summed E-state index contributed by atoms with van der Waals surface area (Å²) in [5.41, 5.74) is 6.72. The minimum atomic E-state index is -0.752. The Kier molecular flexibility index (Phi) is 5.92. The molecule has 2 rings (SSSR count). The van der Waals surface area contributed by atoms with Crippen molar-refractivity contribution in [3.63, 3.8) is 0 Å². The number of nitro benzene ring substituents is 1. The van der Waals surface area contributed by atoms with Crippen LogP contribution in [0, 0.1) is 17.0 Å². The van der Waals surface area contributed by atoms with Crippen LogP contribution in [0.2, 0.25) is 0 Å². The summed E-state index contributed by atoms with van der Waals surface area (Å²) in [6.07, 6.45) is -0.467. The van der Waals surface area contributed by atoms with Gasteiger partial charge in [0.25, 0.3) is 5.69 Å². The lowest BCUT2D eigenvalue weighted by Gasteiger charge is -2.37. The fraction of sp³-hybridized carbons (Fsp3) is 0.500. The Bertz CT molecular complexity index is 683. The second-order valence-electron chi connectivity index (χ2n) is 6.03. The van der Waals surface area contributed by atoms with E-state index in [1.807, 2.05) is 0 Å². The number of carbonyl (C=O) groups excluding carboxylic acids is 2. The molecule has 0 atom stereocenters. The number of hydrogen-bond donors (Lipinski definition) is 2. The van der Waals surface area contributed by atoms with E-state index in [-0.39, 0.29) is 5.69 Å². The molecule has 0 spiro atoms. The quantitative estimate of drug-likeness (QED) is 0.446. The van der Waals surface area contributed by atoms with E-state index in [1.165, 1.54) is 12.1 Å². The van der Waals surface area contributed by atoms with Gasteiger partial charge in [0.15, 0.2) is 0 Å². The standard InChI is InChI=1S/C16H23N5O4/c1-3-19-4-6-20(7-5-19)16-11(2)8-12(21(24)25)9-13(16)18-15(23)10-14(17)22/h8-9H,3-7,10H2,1-2H3,(H2,17,22)(H,18,23). The molecule has 0 aromatic heterocycles. The Morgan fingerprint density at radius 2 is 1.92 bits per heavy atom. The molecule has 1 heterocycles. The highest BCUT2D eigenvalue weighted by Gasteiger charge is 2.23. The Balaban J connectivity index is 2.34. The molecule has 1 aliphatic rings. The van der Waals surface area contributed by atoms with Crippen molar-refractivity contribution in [1.82, 2.24) is 4.90 Å². The van der Waals surface area contributed by atoms with E-state index in [1.54, 1.807) is 6.92 Å². The van der Waals surface area contributed by atoms with Crippen LogP contribution in [0.25, 0.3) is 0 Å². The van der Waals surface area contributed by atoms with Crippen molar-refractivity contribution < 1.29 is 14.5 Å². The lowest BCUT2D eigenvalue weighted by Crippen LogP contribution is -2.46. The molecule has 9 heteroatoms. The molecule has 3 N–H and O–H groups in total. The lowest BCUT2D eigenvalue weighted by molar-refractivity contribution is -0.384. The molecule has 25 heavy (non-hydrogen) atoms. The number of likely N-dealkylation sites (N-methyl/N-ethyl adjacent to an activating group) is 1. The highest BCUT2D eigenvalue weighted by atomic mass is 16.6. The second kappa shape index (κ2) is 7.93. The monoisotopic (exact) mass is 349 g/mol. The van der Waals surface area contributed by atoms with Crippen molar-refractivity contribution in [3.05, 3.63) is 27.8 Å². The van der Waals surface area contributed by atoms with Gasteiger partial charge in [-0.1, -0.05) is 6.92 Å². The van der Waals surface area contributed by atoms with Gasteiger partial charge in [-0.05, 0) is 19.0 Å². The van der Waals surface area contributed by atoms with E-state index in [2.05, 4.69) is 22.0 Å². The van der Waals surface area contributed by atoms with Gasteiger partial charge in [0.1, 0.15) is 6.42 Å². The van der Waals surface area contributed by atoms with Gasteiger partial charge in [0, 0.05) is 38.3 Å². The van der Waals surface area contributed by atoms with E-state index in [0.29, 0.717) is 11.3 Å². The Morgan fingerprint density at radius 1 is 1.28 bits per heavy atom. The SMILES string of the molecule is CCN1CCN(c2c(C)cc([N+](=O)[O-])cc2NC(=O)CC(N)=O)CC1. The molecule has 1 saturated heterocycles. The summed E-state index contributed by atoms with van der Waals surface area (Å²) in [6, 6.07) is 2.82. The van der Waals surface area contributed by atoms with Gasteiger partial charge in [0.05, 0.1) is 16.3 Å². The fourth-order valence-electron chi connectivity index (χ4n) is 3.02. The molecule has 0 bridgehead atoms. The van der Waals surface area contributed by atoms with Crippen molar-refractivity contribution in [2.45, 2.75) is 20.3 Å². The molecule has 0 unspecified atom stereocenters. The van der Waals surface area contributed by atoms with Crippen molar-refractivity contribution in [3.8, 4) is 0 Å². The number of rotatable bonds is 6. The minimum Gasteiger partial charge on any atom is -0.369 e. The first-order valence-electron chi connectivity index (χ1n) is 8.16. The number of benzene rings is 1. The van der Waals surface area contributed by atoms with E-state index >= 15 is 0 Å². The molecule has 1 aliphatic heterocycles. The van der Waals surface area contributed by atoms with Gasteiger partial charge in [-0.2, -0.15) is 0 Å². The van der Waals surface area contributed by atoms with Crippen LogP contribution in [-0.2, 0) is 9.59 Å². The van der Waals surface area contributed by atoms with Crippen LogP contribution in [-0.4, -0.2) is 54.4 Å². The number of anilines is 2. The molecule has 2 amide bonds. The molecule has 1 fully saturated rings. The smallest absolute Gasteiger partial charge is 0.271 e. The summed E-state index contributed by atoms with van der Waals surface area (Å²) in [7, 11) is 0. The van der Waals surface area contributed by atoms with Crippen molar-refractivity contribution in [2.24, 2.45) is 5.73 Å². The summed E-state index contributed by atoms with van der Waals surface area (Å²) in [5.74, 6) is -1.33. The first kappa shape index (κ1) is 18.7. The van der Waals surface area contributed by atoms with E-state index in [9.17, 15) is 19.7 Å². The van der Waals surface area contributed by atoms with Crippen LogP contribution in [0.15, 0.2) is 12.1 Å². The number of piperazine rings is 1. The zero-order valence-corrected chi connectivity index (χ0v) is 14.4. The third-order valence-corrected chi connectivity index (χ3v) is 4.24. The summed E-state index contributed by atoms with van der Waals surface area (Å²) in [6.45, 7) is 8.11. The maximum Gasteiger partial charge on any atom is 0.271 e. The molecule has 0 radical (unpaired) electrons. The lowest BCUT2D eigenvalue weighted by atomic mass is 10.1. The van der Waals surface area contributed by atoms with Crippen LogP contribution in [0.1, 0.15) is 18.9 Å². The number of nitrogens with zero attached hydrogens (tertiary/aromatic N) is 3. The van der Waals surface area contributed by atoms with E-state index in [4.69, 9.17) is 5.73 Å². The predicted octanol–water partition coefficient (Wildman–Crippen LogP) is 0.859. The largest absolute Gasteiger partial charge is 0.369 e. The third-order valence-electron chi connectivity index (χ3n) is 4.24. The van der Waals surface area contributed by atoms with Gasteiger partial charge in [-0.25, -0.2) is 0 Å². The van der Waals surface area contributed by atoms with Crippen LogP contribution in [0.5, 0.6) is 0 Å². The number of nitrogens with two attached hydrogens (primary N) is 1. The van der Waals surface area contributed by atoms with Gasteiger partial charge in [-0.3, -0.25) is 19.7 Å². The van der Waals surface area contributed by atoms with Crippen LogP contribution in [0.3, 0.4) is 0 Å². The van der Waals surface area contributed by atoms with E-state index in [0.717, 1.165) is 38.4 Å². The van der Waals surface area contributed by atoms with Crippen molar-refractivity contribution in [2.75, 3.05) is 42.9 Å². The maximum atomic E-state index is 11.9. The fourth-order valence-corrected chi connectivity index (χ4v) is 3.02. The van der Waals surface area contributed by atoms with Gasteiger partial charge in [-0.15, -0.1) is 0 Å². The Labute approximate surface area is 145 Å². The third kappa shape index (κ3) is 4.66. The Hall–Kier alpha value is -2.68. The zero-order valence-electron chi connectivity index (χ0n) is 14.4. The Morgan fingerprint density at radius 3 is 2.44 bits per heavy atom. The molecular formula is C16H23N5O4. The average molecular weight is 349 g/mol. The van der Waals surface area contributed by atoms with E-state index < -0.39 is 23.2 Å². The first-order chi connectivity index (χ1) is 11.8. The number of amides is 2. The van der Waals surface area contributed by atoms with Crippen LogP contribution < -0.4 is 16.0 Å². The van der Waals surface area contributed by atoms with Crippen molar-refractivity contribution >= 4 is 28.9 Å². The van der Waals surface area contributed by atoms with Crippen LogP contribution >= 0.6 is 0 Å². The minimum absolute atomic E-state index is 0.109. The first-order valence-corrected chi connectivity index (χ1v) is 8.16. The van der Waals surface area contributed by atoms with Crippen LogP contribution in [0.4, 0.5) is 17.1 Å². The van der Waals surface area contributed by atoms with Gasteiger partial charge >= 0.3 is 0 Å². The number of non-ortho nitro benzene ring substituents is 1. The summed E-state index contributed by atoms with van der Waals surface area (Å²) < 4.78 is 0. The molecule has 0 saturated carbocycles. The summed E-state index contributed by atoms with van der Waals surface area (Å²) in [4.78, 5) is 37.9. The summed E-state index contributed by atoms with van der Waals surface area (Å²) >= 11 is 0. The highest BCUT2D eigenvalue weighted by molar-refractivity contribution is 6.05. The molecule has 1 aromatic carbocycles.